The Kier molecular flexibility index (Phi) is 6.50. The molecule has 3 fully saturated rings. The summed E-state index contributed by atoms with van der Waals surface area (Å²) >= 11 is 0. The molecule has 0 aromatic heterocycles. The molecule has 0 radical (unpaired) electrons. The normalized spacial score (nSPS) is 42.5. The van der Waals surface area contributed by atoms with E-state index < -0.39 is 0 Å². The van der Waals surface area contributed by atoms with Gasteiger partial charge in [0.2, 0.25) is 0 Å². The lowest BCUT2D eigenvalue weighted by molar-refractivity contribution is -0.148. The third kappa shape index (κ3) is 4.18. The Hall–Kier alpha value is -1.05. The molecule has 0 N–H and O–H groups in total. The van der Waals surface area contributed by atoms with E-state index in [1.807, 2.05) is 0 Å². The molecule has 0 spiro atoms. The third-order valence-electron chi connectivity index (χ3n) is 10.3. The van der Waals surface area contributed by atoms with Crippen LogP contribution in [0.5, 0.6) is 0 Å². The van der Waals surface area contributed by atoms with Gasteiger partial charge in [-0.05, 0) is 112 Å². The first-order chi connectivity index (χ1) is 14.6. The van der Waals surface area contributed by atoms with Gasteiger partial charge in [0, 0.05) is 13.3 Å². The van der Waals surface area contributed by atoms with Crippen molar-refractivity contribution in [2.45, 2.75) is 112 Å². The van der Waals surface area contributed by atoms with Crippen LogP contribution in [-0.4, -0.2) is 12.1 Å². The first-order valence-corrected chi connectivity index (χ1v) is 13.1. The molecule has 8 unspecified atom stereocenters. The van der Waals surface area contributed by atoms with Crippen molar-refractivity contribution in [3.05, 3.63) is 23.3 Å². The quantitative estimate of drug-likeness (QED) is 0.330. The number of hydrogen-bond acceptors (Lipinski definition) is 2. The van der Waals surface area contributed by atoms with Gasteiger partial charge in [0.15, 0.2) is 0 Å². The molecule has 0 bridgehead atoms. The number of esters is 1. The number of carbonyl (C=O) groups excluding carboxylic acids is 1. The average Bonchev–Trinajstić information content (AvgIpc) is 3.05. The minimum Gasteiger partial charge on any atom is -0.462 e. The Morgan fingerprint density at radius 3 is 2.61 bits per heavy atom. The van der Waals surface area contributed by atoms with Crippen LogP contribution in [0, 0.1) is 40.4 Å². The van der Waals surface area contributed by atoms with Gasteiger partial charge in [0.25, 0.3) is 0 Å². The maximum Gasteiger partial charge on any atom is 0.302 e. The molecule has 2 heteroatoms. The van der Waals surface area contributed by atoms with E-state index in [0.29, 0.717) is 10.8 Å². The second-order valence-electron chi connectivity index (χ2n) is 12.3. The van der Waals surface area contributed by atoms with Crippen molar-refractivity contribution in [2.75, 3.05) is 0 Å². The van der Waals surface area contributed by atoms with Crippen LogP contribution in [-0.2, 0) is 9.53 Å². The van der Waals surface area contributed by atoms with Gasteiger partial charge >= 0.3 is 5.97 Å². The van der Waals surface area contributed by atoms with E-state index in [0.717, 1.165) is 42.4 Å². The molecular formula is C29H46O2. The molecule has 2 nitrogen and oxygen atoms in total. The minimum absolute atomic E-state index is 0.111. The maximum atomic E-state index is 11.5. The third-order valence-corrected chi connectivity index (χ3v) is 10.3. The fraction of sp³-hybridized carbons (Fsp3) is 0.828. The second kappa shape index (κ2) is 8.71. The second-order valence-corrected chi connectivity index (χ2v) is 12.3. The first kappa shape index (κ1) is 23.1. The van der Waals surface area contributed by atoms with Crippen molar-refractivity contribution >= 4 is 5.97 Å². The Morgan fingerprint density at radius 1 is 1.13 bits per heavy atom. The summed E-state index contributed by atoms with van der Waals surface area (Å²) in [4.78, 5) is 11.5. The molecule has 4 aliphatic carbocycles. The number of ether oxygens (including phenoxy) is 1. The van der Waals surface area contributed by atoms with Gasteiger partial charge in [0.05, 0.1) is 0 Å². The fourth-order valence-electron chi connectivity index (χ4n) is 8.77. The first-order valence-electron chi connectivity index (χ1n) is 13.1. The standard InChI is InChI=1S/C29H46O2/c1-19(2)8-7-9-20(3)25-12-13-26-24-11-10-22-18-23(31-21(4)30)14-16-28(22,5)27(24)15-17-29(25,26)6/h8,10,20,23-27H,7,9,11-18H2,1-6H3. The Balaban J connectivity index is 1.48. The van der Waals surface area contributed by atoms with E-state index in [2.05, 4.69) is 46.8 Å². The van der Waals surface area contributed by atoms with Crippen LogP contribution in [0.25, 0.3) is 0 Å². The summed E-state index contributed by atoms with van der Waals surface area (Å²) in [6.07, 6.45) is 17.9. The number of hydrogen-bond donors (Lipinski definition) is 0. The van der Waals surface area contributed by atoms with E-state index >= 15 is 0 Å². The van der Waals surface area contributed by atoms with Gasteiger partial charge in [-0.25, -0.2) is 0 Å². The highest BCUT2D eigenvalue weighted by Gasteiger charge is 2.59. The van der Waals surface area contributed by atoms with Crippen molar-refractivity contribution in [3.63, 3.8) is 0 Å². The zero-order valence-corrected chi connectivity index (χ0v) is 21.0. The summed E-state index contributed by atoms with van der Waals surface area (Å²) in [6.45, 7) is 13.8. The van der Waals surface area contributed by atoms with Crippen molar-refractivity contribution in [3.8, 4) is 0 Å². The summed E-state index contributed by atoms with van der Waals surface area (Å²) in [7, 11) is 0. The smallest absolute Gasteiger partial charge is 0.302 e. The van der Waals surface area contributed by atoms with E-state index in [9.17, 15) is 4.79 Å². The van der Waals surface area contributed by atoms with Crippen molar-refractivity contribution in [2.24, 2.45) is 40.4 Å². The van der Waals surface area contributed by atoms with Crippen LogP contribution >= 0.6 is 0 Å². The van der Waals surface area contributed by atoms with Crippen LogP contribution < -0.4 is 0 Å². The summed E-state index contributed by atoms with van der Waals surface area (Å²) in [5, 5.41) is 0. The van der Waals surface area contributed by atoms with Gasteiger partial charge in [-0.1, -0.05) is 44.1 Å². The average molecular weight is 427 g/mol. The lowest BCUT2D eigenvalue weighted by Gasteiger charge is -2.58. The molecule has 0 saturated heterocycles. The van der Waals surface area contributed by atoms with Crippen LogP contribution in [0.2, 0.25) is 0 Å². The minimum atomic E-state index is -0.118. The molecular weight excluding hydrogens is 380 g/mol. The molecule has 0 heterocycles. The van der Waals surface area contributed by atoms with E-state index in [1.54, 1.807) is 12.5 Å². The predicted octanol–water partition coefficient (Wildman–Crippen LogP) is 7.88. The van der Waals surface area contributed by atoms with Gasteiger partial charge in [-0.2, -0.15) is 0 Å². The van der Waals surface area contributed by atoms with Crippen molar-refractivity contribution in [1.82, 2.24) is 0 Å². The molecule has 3 saturated carbocycles. The predicted molar refractivity (Wildman–Crippen MR) is 129 cm³/mol. The SMILES string of the molecule is CC(=O)OC1CCC2(C)C(=CCC3C2CCC2(C)C(C(C)CCC=C(C)C)CCC32)C1. The summed E-state index contributed by atoms with van der Waals surface area (Å²) in [6, 6.07) is 0. The molecule has 31 heavy (non-hydrogen) atoms. The molecule has 4 rings (SSSR count). The maximum absolute atomic E-state index is 11.5. The number of fused-ring (bicyclic) bond motifs is 5. The Morgan fingerprint density at radius 2 is 1.90 bits per heavy atom. The van der Waals surface area contributed by atoms with Gasteiger partial charge in [-0.3, -0.25) is 4.79 Å². The molecule has 0 aromatic rings. The molecule has 174 valence electrons. The summed E-state index contributed by atoms with van der Waals surface area (Å²) < 4.78 is 5.61. The van der Waals surface area contributed by atoms with E-state index in [-0.39, 0.29) is 12.1 Å². The lowest BCUT2D eigenvalue weighted by Crippen LogP contribution is -2.51. The van der Waals surface area contributed by atoms with Crippen molar-refractivity contribution < 1.29 is 9.53 Å². The largest absolute Gasteiger partial charge is 0.462 e. The zero-order chi connectivity index (χ0) is 22.4. The van der Waals surface area contributed by atoms with Crippen LogP contribution in [0.4, 0.5) is 0 Å². The monoisotopic (exact) mass is 426 g/mol. The summed E-state index contributed by atoms with van der Waals surface area (Å²) in [5.41, 5.74) is 3.96. The summed E-state index contributed by atoms with van der Waals surface area (Å²) in [5.74, 6) is 4.24. The van der Waals surface area contributed by atoms with Crippen LogP contribution in [0.1, 0.15) is 106 Å². The van der Waals surface area contributed by atoms with Crippen LogP contribution in [0.15, 0.2) is 23.3 Å². The van der Waals surface area contributed by atoms with Gasteiger partial charge < -0.3 is 4.74 Å². The molecule has 4 aliphatic rings. The molecule has 0 aliphatic heterocycles. The number of rotatable bonds is 5. The van der Waals surface area contributed by atoms with Gasteiger partial charge in [-0.15, -0.1) is 0 Å². The highest BCUT2D eigenvalue weighted by Crippen LogP contribution is 2.67. The molecule has 8 atom stereocenters. The highest BCUT2D eigenvalue weighted by atomic mass is 16.5. The Labute approximate surface area is 191 Å². The topological polar surface area (TPSA) is 26.3 Å². The Bertz CT molecular complexity index is 744. The molecule has 0 amide bonds. The fourth-order valence-corrected chi connectivity index (χ4v) is 8.77. The van der Waals surface area contributed by atoms with E-state index in [1.165, 1.54) is 56.9 Å². The van der Waals surface area contributed by atoms with Crippen LogP contribution in [0.3, 0.4) is 0 Å². The molecule has 0 aromatic carbocycles. The number of carbonyl (C=O) groups is 1. The number of allylic oxidation sites excluding steroid dienone is 3. The lowest BCUT2D eigenvalue weighted by atomic mass is 9.47. The van der Waals surface area contributed by atoms with E-state index in [4.69, 9.17) is 4.74 Å². The zero-order valence-electron chi connectivity index (χ0n) is 21.0. The highest BCUT2D eigenvalue weighted by molar-refractivity contribution is 5.66. The van der Waals surface area contributed by atoms with Gasteiger partial charge in [0.1, 0.15) is 6.10 Å². The van der Waals surface area contributed by atoms with Crippen molar-refractivity contribution in [1.29, 1.82) is 0 Å².